The summed E-state index contributed by atoms with van der Waals surface area (Å²) >= 11 is 0. The third-order valence-corrected chi connectivity index (χ3v) is 4.33. The van der Waals surface area contributed by atoms with E-state index >= 15 is 0 Å². The highest BCUT2D eigenvalue weighted by atomic mass is 19.1. The molecule has 0 radical (unpaired) electrons. The van der Waals surface area contributed by atoms with Gasteiger partial charge >= 0.3 is 0 Å². The first-order valence-electron chi connectivity index (χ1n) is 7.36. The van der Waals surface area contributed by atoms with E-state index in [1.54, 1.807) is 6.92 Å². The van der Waals surface area contributed by atoms with Crippen LogP contribution in [0.25, 0.3) is 0 Å². The first-order chi connectivity index (χ1) is 9.35. The van der Waals surface area contributed by atoms with Gasteiger partial charge in [-0.1, -0.05) is 26.7 Å². The lowest BCUT2D eigenvalue weighted by atomic mass is 9.73. The maximum absolute atomic E-state index is 14.0. The predicted molar refractivity (Wildman–Crippen MR) is 75.8 cm³/mol. The van der Waals surface area contributed by atoms with Gasteiger partial charge in [0, 0.05) is 11.5 Å². The molecule has 1 aliphatic rings. The highest BCUT2D eigenvalue weighted by molar-refractivity contribution is 6.01. The fourth-order valence-corrected chi connectivity index (χ4v) is 3.47. The molecule has 1 aromatic carbocycles. The zero-order valence-corrected chi connectivity index (χ0v) is 12.4. The smallest absolute Gasteiger partial charge is 0.171 e. The zero-order valence-electron chi connectivity index (χ0n) is 12.4. The van der Waals surface area contributed by atoms with Crippen LogP contribution in [0.3, 0.4) is 0 Å². The number of hydrogen-bond acceptors (Lipinski definition) is 1. The number of benzene rings is 1. The summed E-state index contributed by atoms with van der Waals surface area (Å²) < 4.78 is 27.3. The van der Waals surface area contributed by atoms with Gasteiger partial charge in [0.25, 0.3) is 0 Å². The second-order valence-corrected chi connectivity index (χ2v) is 6.50. The fourth-order valence-electron chi connectivity index (χ4n) is 3.47. The van der Waals surface area contributed by atoms with Crippen molar-refractivity contribution < 1.29 is 13.6 Å². The van der Waals surface area contributed by atoms with Gasteiger partial charge in [0.2, 0.25) is 0 Å². The average Bonchev–Trinajstić information content (AvgIpc) is 2.81. The van der Waals surface area contributed by atoms with Crippen LogP contribution in [0, 0.1) is 29.9 Å². The van der Waals surface area contributed by atoms with Crippen LogP contribution in [0.4, 0.5) is 8.78 Å². The number of hydrogen-bond donors (Lipinski definition) is 0. The molecule has 0 aliphatic heterocycles. The lowest BCUT2D eigenvalue weighted by molar-refractivity contribution is 0.0755. The van der Waals surface area contributed by atoms with Crippen LogP contribution >= 0.6 is 0 Å². The van der Waals surface area contributed by atoms with Gasteiger partial charge in [-0.05, 0) is 43.7 Å². The molecule has 110 valence electrons. The van der Waals surface area contributed by atoms with Gasteiger partial charge in [-0.3, -0.25) is 4.79 Å². The second-order valence-electron chi connectivity index (χ2n) is 6.50. The van der Waals surface area contributed by atoms with E-state index in [0.717, 1.165) is 38.2 Å². The van der Waals surface area contributed by atoms with Gasteiger partial charge in [0.1, 0.15) is 11.6 Å². The van der Waals surface area contributed by atoms with Gasteiger partial charge < -0.3 is 0 Å². The third-order valence-electron chi connectivity index (χ3n) is 4.33. The normalized spacial score (nSPS) is 17.7. The van der Waals surface area contributed by atoms with Crippen LogP contribution in [0.2, 0.25) is 0 Å². The van der Waals surface area contributed by atoms with Gasteiger partial charge in [-0.15, -0.1) is 0 Å². The fraction of sp³-hybridized carbons (Fsp3) is 0.588. The molecule has 1 fully saturated rings. The molecule has 1 aliphatic carbocycles. The van der Waals surface area contributed by atoms with Gasteiger partial charge in [0.15, 0.2) is 5.78 Å². The maximum atomic E-state index is 14.0. The number of rotatable bonds is 4. The van der Waals surface area contributed by atoms with E-state index in [4.69, 9.17) is 0 Å². The molecular formula is C17H22F2O. The molecule has 1 saturated carbocycles. The Morgan fingerprint density at radius 3 is 2.35 bits per heavy atom. The number of carbonyl (C=O) groups excluding carboxylic acids is 1. The summed E-state index contributed by atoms with van der Waals surface area (Å²) in [5.74, 6) is -1.07. The first-order valence-corrected chi connectivity index (χ1v) is 7.36. The van der Waals surface area contributed by atoms with E-state index in [2.05, 4.69) is 13.8 Å². The number of ketones is 1. The molecule has 2 rings (SSSR count). The third kappa shape index (κ3) is 2.77. The summed E-state index contributed by atoms with van der Waals surface area (Å²) in [6.07, 6.45) is 4.45. The van der Waals surface area contributed by atoms with Crippen molar-refractivity contribution in [2.45, 2.75) is 52.9 Å². The molecule has 3 heteroatoms. The minimum Gasteiger partial charge on any atom is -0.293 e. The Balaban J connectivity index is 2.40. The lowest BCUT2D eigenvalue weighted by Crippen LogP contribution is -2.30. The molecule has 0 unspecified atom stereocenters. The first kappa shape index (κ1) is 15.1. The quantitative estimate of drug-likeness (QED) is 0.704. The molecule has 0 amide bonds. The van der Waals surface area contributed by atoms with E-state index in [-0.39, 0.29) is 11.3 Å². The Morgan fingerprint density at radius 2 is 1.80 bits per heavy atom. The Morgan fingerprint density at radius 1 is 1.20 bits per heavy atom. The molecule has 1 aromatic rings. The van der Waals surface area contributed by atoms with Gasteiger partial charge in [0.05, 0.1) is 5.56 Å². The minimum atomic E-state index is -0.729. The van der Waals surface area contributed by atoms with Crippen molar-refractivity contribution in [1.29, 1.82) is 0 Å². The number of halogens is 2. The van der Waals surface area contributed by atoms with Crippen molar-refractivity contribution in [2.75, 3.05) is 0 Å². The number of carbonyl (C=O) groups is 1. The topological polar surface area (TPSA) is 17.1 Å². The Hall–Kier alpha value is -1.25. The van der Waals surface area contributed by atoms with Crippen LogP contribution < -0.4 is 0 Å². The van der Waals surface area contributed by atoms with Crippen LogP contribution in [0.1, 0.15) is 61.9 Å². The molecule has 0 heterocycles. The van der Waals surface area contributed by atoms with Crippen molar-refractivity contribution in [1.82, 2.24) is 0 Å². The number of Topliss-reactive ketones (excluding diaryl/α,β-unsaturated/α-hetero) is 1. The molecule has 0 saturated heterocycles. The Kier molecular flexibility index (Phi) is 4.26. The van der Waals surface area contributed by atoms with Crippen molar-refractivity contribution in [3.05, 3.63) is 34.9 Å². The van der Waals surface area contributed by atoms with Crippen molar-refractivity contribution in [3.63, 3.8) is 0 Å². The van der Waals surface area contributed by atoms with Crippen LogP contribution in [0.5, 0.6) is 0 Å². The molecule has 0 bridgehead atoms. The Bertz CT molecular complexity index is 514. The van der Waals surface area contributed by atoms with Gasteiger partial charge in [-0.25, -0.2) is 8.78 Å². The second kappa shape index (κ2) is 5.63. The molecular weight excluding hydrogens is 258 g/mol. The van der Waals surface area contributed by atoms with Crippen LogP contribution in [-0.4, -0.2) is 5.78 Å². The highest BCUT2D eigenvalue weighted by Crippen LogP contribution is 2.46. The minimum absolute atomic E-state index is 0.0615. The summed E-state index contributed by atoms with van der Waals surface area (Å²) in [6.45, 7) is 5.73. The molecule has 0 spiro atoms. The standard InChI is InChI=1S/C17H22F2O/c1-11(2)10-17(6-4-5-7-17)16(20)13-8-12(3)14(18)9-15(13)19/h8-9,11H,4-7,10H2,1-3H3. The summed E-state index contributed by atoms with van der Waals surface area (Å²) in [5, 5.41) is 0. The highest BCUT2D eigenvalue weighted by Gasteiger charge is 2.42. The van der Waals surface area contributed by atoms with Crippen molar-refractivity contribution in [2.24, 2.45) is 11.3 Å². The summed E-state index contributed by atoms with van der Waals surface area (Å²) in [6, 6.07) is 2.20. The molecule has 0 aromatic heterocycles. The van der Waals surface area contributed by atoms with E-state index in [9.17, 15) is 13.6 Å². The van der Waals surface area contributed by atoms with Gasteiger partial charge in [-0.2, -0.15) is 0 Å². The van der Waals surface area contributed by atoms with E-state index in [1.807, 2.05) is 0 Å². The SMILES string of the molecule is Cc1cc(C(=O)C2(CC(C)C)CCCC2)c(F)cc1F. The molecule has 1 nitrogen and oxygen atoms in total. The van der Waals surface area contributed by atoms with Crippen molar-refractivity contribution in [3.8, 4) is 0 Å². The lowest BCUT2D eigenvalue weighted by Gasteiger charge is -2.29. The van der Waals surface area contributed by atoms with Crippen LogP contribution in [0.15, 0.2) is 12.1 Å². The largest absolute Gasteiger partial charge is 0.293 e. The Labute approximate surface area is 119 Å². The van der Waals surface area contributed by atoms with E-state index in [1.165, 1.54) is 6.07 Å². The molecule has 20 heavy (non-hydrogen) atoms. The molecule has 0 atom stereocenters. The summed E-state index contributed by atoms with van der Waals surface area (Å²) in [4.78, 5) is 12.8. The zero-order chi connectivity index (χ0) is 14.9. The summed E-state index contributed by atoms with van der Waals surface area (Å²) in [5.41, 5.74) is -0.0573. The molecule has 0 N–H and O–H groups in total. The van der Waals surface area contributed by atoms with E-state index < -0.39 is 17.0 Å². The van der Waals surface area contributed by atoms with Crippen LogP contribution in [-0.2, 0) is 0 Å². The van der Waals surface area contributed by atoms with E-state index in [0.29, 0.717) is 11.5 Å². The number of aryl methyl sites for hydroxylation is 1. The average molecular weight is 280 g/mol. The predicted octanol–water partition coefficient (Wildman–Crippen LogP) is 5.06. The maximum Gasteiger partial charge on any atom is 0.171 e. The summed E-state index contributed by atoms with van der Waals surface area (Å²) in [7, 11) is 0. The monoisotopic (exact) mass is 280 g/mol. The van der Waals surface area contributed by atoms with Crippen molar-refractivity contribution >= 4 is 5.78 Å².